The van der Waals surface area contributed by atoms with E-state index in [9.17, 15) is 8.42 Å². The van der Waals surface area contributed by atoms with Crippen molar-refractivity contribution in [2.24, 2.45) is 0 Å². The van der Waals surface area contributed by atoms with Crippen LogP contribution in [0.1, 0.15) is 11.6 Å². The molecule has 2 aromatic rings. The lowest BCUT2D eigenvalue weighted by atomic mass is 10.1. The first-order valence-electron chi connectivity index (χ1n) is 9.05. The Labute approximate surface area is 161 Å². The Hall–Kier alpha value is -2.16. The van der Waals surface area contributed by atoms with Gasteiger partial charge in [-0.1, -0.05) is 12.1 Å². The molecule has 0 amide bonds. The Balaban J connectivity index is 1.72. The standard InChI is InChI=1S/C19H26N4O3S/c1-26-19-8-4-3-7-17(19)22-10-12-23(13-11-22)18(15-21-27(2,24)25)16-6-5-9-20-14-16/h3-9,14,18,21H,10-13,15H2,1-2H3/p+1. The summed E-state index contributed by atoms with van der Waals surface area (Å²) in [5.41, 5.74) is 2.15. The molecule has 0 radical (unpaired) electrons. The molecule has 1 saturated heterocycles. The molecule has 3 rings (SSSR count). The van der Waals surface area contributed by atoms with E-state index in [-0.39, 0.29) is 6.04 Å². The fourth-order valence-electron chi connectivity index (χ4n) is 3.59. The highest BCUT2D eigenvalue weighted by molar-refractivity contribution is 7.88. The van der Waals surface area contributed by atoms with Gasteiger partial charge in [0, 0.05) is 18.0 Å². The average molecular weight is 392 g/mol. The number of nitrogens with one attached hydrogen (secondary N) is 2. The molecule has 1 aromatic carbocycles. The summed E-state index contributed by atoms with van der Waals surface area (Å²) < 4.78 is 31.4. The summed E-state index contributed by atoms with van der Waals surface area (Å²) in [6.07, 6.45) is 4.76. The van der Waals surface area contributed by atoms with E-state index >= 15 is 0 Å². The molecule has 2 N–H and O–H groups in total. The van der Waals surface area contributed by atoms with E-state index in [1.165, 1.54) is 11.2 Å². The van der Waals surface area contributed by atoms with Crippen molar-refractivity contribution in [1.29, 1.82) is 0 Å². The Morgan fingerprint density at radius 2 is 1.96 bits per heavy atom. The van der Waals surface area contributed by atoms with Crippen molar-refractivity contribution in [2.45, 2.75) is 6.04 Å². The zero-order valence-electron chi connectivity index (χ0n) is 15.8. The highest BCUT2D eigenvalue weighted by Gasteiger charge is 2.30. The lowest BCUT2D eigenvalue weighted by molar-refractivity contribution is -0.930. The molecule has 146 valence electrons. The molecular weight excluding hydrogens is 364 g/mol. The topological polar surface area (TPSA) is 76.0 Å². The summed E-state index contributed by atoms with van der Waals surface area (Å²) in [5.74, 6) is 0.878. The van der Waals surface area contributed by atoms with Crippen molar-refractivity contribution in [3.05, 3.63) is 54.4 Å². The second-order valence-electron chi connectivity index (χ2n) is 6.78. The largest absolute Gasteiger partial charge is 0.495 e. The second-order valence-corrected chi connectivity index (χ2v) is 8.61. The maximum Gasteiger partial charge on any atom is 0.208 e. The number of methoxy groups -OCH3 is 1. The number of pyridine rings is 1. The van der Waals surface area contributed by atoms with Gasteiger partial charge in [-0.3, -0.25) is 4.98 Å². The second kappa shape index (κ2) is 8.69. The summed E-state index contributed by atoms with van der Waals surface area (Å²) in [7, 11) is -1.55. The number of quaternary nitrogens is 1. The van der Waals surface area contributed by atoms with Crippen LogP contribution in [0.25, 0.3) is 0 Å². The van der Waals surface area contributed by atoms with Gasteiger partial charge >= 0.3 is 0 Å². The van der Waals surface area contributed by atoms with E-state index in [1.54, 1.807) is 13.3 Å². The lowest BCUT2D eigenvalue weighted by Crippen LogP contribution is -3.15. The zero-order chi connectivity index (χ0) is 19.3. The quantitative estimate of drug-likeness (QED) is 0.700. The summed E-state index contributed by atoms with van der Waals surface area (Å²) in [6.45, 7) is 3.94. The minimum atomic E-state index is -3.24. The van der Waals surface area contributed by atoms with E-state index in [0.717, 1.165) is 43.2 Å². The molecule has 1 atom stereocenters. The third-order valence-corrected chi connectivity index (χ3v) is 5.65. The van der Waals surface area contributed by atoms with Gasteiger partial charge < -0.3 is 14.5 Å². The van der Waals surface area contributed by atoms with Crippen LogP contribution >= 0.6 is 0 Å². The first-order valence-corrected chi connectivity index (χ1v) is 10.9. The number of para-hydroxylation sites is 2. The van der Waals surface area contributed by atoms with Crippen LogP contribution in [-0.2, 0) is 10.0 Å². The number of hydrogen-bond donors (Lipinski definition) is 2. The summed E-state index contributed by atoms with van der Waals surface area (Å²) in [6, 6.07) is 12.0. The summed E-state index contributed by atoms with van der Waals surface area (Å²) in [4.78, 5) is 7.89. The smallest absolute Gasteiger partial charge is 0.208 e. The average Bonchev–Trinajstić information content (AvgIpc) is 2.68. The Morgan fingerprint density at radius 1 is 1.22 bits per heavy atom. The number of hydrogen-bond acceptors (Lipinski definition) is 5. The van der Waals surface area contributed by atoms with Gasteiger partial charge in [0.15, 0.2) is 0 Å². The van der Waals surface area contributed by atoms with Crippen LogP contribution in [0, 0.1) is 0 Å². The molecule has 0 aliphatic carbocycles. The molecule has 2 heterocycles. The Kier molecular flexibility index (Phi) is 6.30. The third kappa shape index (κ3) is 5.18. The molecule has 8 heteroatoms. The van der Waals surface area contributed by atoms with Gasteiger partial charge in [0.2, 0.25) is 10.0 Å². The van der Waals surface area contributed by atoms with E-state index in [2.05, 4.69) is 20.7 Å². The van der Waals surface area contributed by atoms with Crippen molar-refractivity contribution in [3.63, 3.8) is 0 Å². The van der Waals surface area contributed by atoms with Crippen LogP contribution in [-0.4, -0.2) is 59.5 Å². The number of piperazine rings is 1. The molecular formula is C19H27N4O3S+. The number of ether oxygens (including phenoxy) is 1. The molecule has 7 nitrogen and oxygen atoms in total. The number of sulfonamides is 1. The van der Waals surface area contributed by atoms with E-state index in [0.29, 0.717) is 6.54 Å². The van der Waals surface area contributed by atoms with Gasteiger partial charge in [-0.2, -0.15) is 0 Å². The summed E-state index contributed by atoms with van der Waals surface area (Å²) >= 11 is 0. The number of anilines is 1. The molecule has 1 aromatic heterocycles. The fourth-order valence-corrected chi connectivity index (χ4v) is 4.06. The van der Waals surface area contributed by atoms with Crippen LogP contribution in [0.2, 0.25) is 0 Å². The first-order chi connectivity index (χ1) is 13.0. The number of rotatable bonds is 7. The molecule has 1 aliphatic rings. The van der Waals surface area contributed by atoms with Crippen molar-refractivity contribution in [1.82, 2.24) is 9.71 Å². The molecule has 0 bridgehead atoms. The number of benzene rings is 1. The molecule has 1 fully saturated rings. The van der Waals surface area contributed by atoms with Crippen molar-refractivity contribution < 1.29 is 18.1 Å². The van der Waals surface area contributed by atoms with Crippen LogP contribution in [0.3, 0.4) is 0 Å². The van der Waals surface area contributed by atoms with Gasteiger partial charge in [0.25, 0.3) is 0 Å². The zero-order valence-corrected chi connectivity index (χ0v) is 16.6. The van der Waals surface area contributed by atoms with Gasteiger partial charge in [-0.05, 0) is 24.3 Å². The van der Waals surface area contributed by atoms with Crippen LogP contribution in [0.15, 0.2) is 48.8 Å². The van der Waals surface area contributed by atoms with Crippen molar-refractivity contribution >= 4 is 15.7 Å². The molecule has 0 spiro atoms. The van der Waals surface area contributed by atoms with Crippen molar-refractivity contribution in [3.8, 4) is 5.75 Å². The van der Waals surface area contributed by atoms with Crippen LogP contribution < -0.4 is 19.3 Å². The third-order valence-electron chi connectivity index (χ3n) is 4.96. The van der Waals surface area contributed by atoms with Crippen LogP contribution in [0.5, 0.6) is 5.75 Å². The first kappa shape index (κ1) is 19.6. The minimum absolute atomic E-state index is 0.0354. The van der Waals surface area contributed by atoms with E-state index < -0.39 is 10.0 Å². The van der Waals surface area contributed by atoms with Crippen molar-refractivity contribution in [2.75, 3.05) is 51.0 Å². The lowest BCUT2D eigenvalue weighted by Gasteiger charge is -2.38. The maximum absolute atomic E-state index is 11.6. The Bertz CT molecular complexity index is 837. The van der Waals surface area contributed by atoms with Gasteiger partial charge in [0.05, 0.1) is 51.8 Å². The molecule has 0 saturated carbocycles. The number of aromatic nitrogens is 1. The molecule has 27 heavy (non-hydrogen) atoms. The SMILES string of the molecule is COc1ccccc1N1CC[NH+](C(CNS(C)(=O)=O)c2cccnc2)CC1. The van der Waals surface area contributed by atoms with Gasteiger partial charge in [0.1, 0.15) is 11.8 Å². The molecule has 1 aliphatic heterocycles. The highest BCUT2D eigenvalue weighted by atomic mass is 32.2. The van der Waals surface area contributed by atoms with Gasteiger partial charge in [-0.25, -0.2) is 13.1 Å². The van der Waals surface area contributed by atoms with E-state index in [1.807, 2.05) is 36.5 Å². The Morgan fingerprint density at radius 3 is 2.59 bits per heavy atom. The van der Waals surface area contributed by atoms with Crippen LogP contribution in [0.4, 0.5) is 5.69 Å². The predicted octanol–water partition coefficient (Wildman–Crippen LogP) is 0.0856. The monoisotopic (exact) mass is 391 g/mol. The minimum Gasteiger partial charge on any atom is -0.495 e. The normalized spacial score (nSPS) is 16.9. The number of nitrogens with zero attached hydrogens (tertiary/aromatic N) is 2. The predicted molar refractivity (Wildman–Crippen MR) is 106 cm³/mol. The van der Waals surface area contributed by atoms with E-state index in [4.69, 9.17) is 4.74 Å². The summed E-state index contributed by atoms with van der Waals surface area (Å²) in [5, 5.41) is 0. The molecule has 1 unspecified atom stereocenters. The van der Waals surface area contributed by atoms with Gasteiger partial charge in [-0.15, -0.1) is 0 Å². The maximum atomic E-state index is 11.6. The fraction of sp³-hybridized carbons (Fsp3) is 0.421. The highest BCUT2D eigenvalue weighted by Crippen LogP contribution is 2.27.